The molecule has 0 radical (unpaired) electrons. The maximum atomic E-state index is 4.52. The van der Waals surface area contributed by atoms with Crippen molar-refractivity contribution in [3.05, 3.63) is 36.2 Å². The first-order chi connectivity index (χ1) is 10.2. The van der Waals surface area contributed by atoms with E-state index in [2.05, 4.69) is 39.6 Å². The summed E-state index contributed by atoms with van der Waals surface area (Å²) in [7, 11) is 3.95. The molecule has 110 valence electrons. The van der Waals surface area contributed by atoms with Crippen molar-refractivity contribution < 1.29 is 0 Å². The lowest BCUT2D eigenvalue weighted by Crippen LogP contribution is -2.09. The minimum Gasteiger partial charge on any atom is -0.381 e. The first-order valence-electron chi connectivity index (χ1n) is 7.08. The van der Waals surface area contributed by atoms with Crippen molar-refractivity contribution in [2.24, 2.45) is 0 Å². The van der Waals surface area contributed by atoms with E-state index in [9.17, 15) is 0 Å². The van der Waals surface area contributed by atoms with E-state index < -0.39 is 0 Å². The smallest absolute Gasteiger partial charge is 0.203 e. The zero-order chi connectivity index (χ0) is 14.8. The van der Waals surface area contributed by atoms with Crippen LogP contribution >= 0.6 is 0 Å². The Hall–Kier alpha value is -2.50. The molecule has 3 aromatic rings. The highest BCUT2D eigenvalue weighted by molar-refractivity contribution is 5.81. The van der Waals surface area contributed by atoms with Crippen LogP contribution in [0.15, 0.2) is 30.6 Å². The topological polar surface area (TPSA) is 61.8 Å². The number of aromatic nitrogens is 4. The summed E-state index contributed by atoms with van der Waals surface area (Å²) in [5.74, 6) is 0.867. The molecule has 0 amide bonds. The minimum absolute atomic E-state index is 0.764. The van der Waals surface area contributed by atoms with Crippen molar-refractivity contribution in [1.29, 1.82) is 0 Å². The summed E-state index contributed by atoms with van der Waals surface area (Å²) in [5.41, 5.74) is 4.26. The van der Waals surface area contributed by atoms with Crippen molar-refractivity contribution in [3.8, 4) is 0 Å². The largest absolute Gasteiger partial charge is 0.381 e. The number of nitrogens with one attached hydrogen (secondary N) is 2. The van der Waals surface area contributed by atoms with Crippen molar-refractivity contribution in [1.82, 2.24) is 19.7 Å². The molecule has 0 atom stereocenters. The lowest BCUT2D eigenvalue weighted by atomic mass is 10.2. The van der Waals surface area contributed by atoms with Gasteiger partial charge in [-0.1, -0.05) is 0 Å². The van der Waals surface area contributed by atoms with Crippen molar-refractivity contribution in [2.75, 3.05) is 24.3 Å². The molecule has 0 saturated heterocycles. The van der Waals surface area contributed by atoms with Crippen LogP contribution in [-0.4, -0.2) is 33.8 Å². The molecule has 1 aromatic carbocycles. The molecule has 2 heterocycles. The number of rotatable bonds is 5. The molecule has 0 fully saturated rings. The van der Waals surface area contributed by atoms with Crippen LogP contribution in [0.5, 0.6) is 0 Å². The van der Waals surface area contributed by atoms with Crippen LogP contribution in [0, 0.1) is 0 Å². The number of benzene rings is 1. The second kappa shape index (κ2) is 5.47. The van der Waals surface area contributed by atoms with E-state index in [0.29, 0.717) is 0 Å². The molecular weight excluding hydrogens is 264 g/mol. The van der Waals surface area contributed by atoms with Crippen LogP contribution < -0.4 is 10.2 Å². The maximum Gasteiger partial charge on any atom is 0.203 e. The number of fused-ring (bicyclic) bond motifs is 1. The van der Waals surface area contributed by atoms with Crippen LogP contribution in [-0.2, 0) is 13.1 Å². The highest BCUT2D eigenvalue weighted by Gasteiger charge is 2.05. The lowest BCUT2D eigenvalue weighted by molar-refractivity contribution is 0.659. The van der Waals surface area contributed by atoms with E-state index in [0.717, 1.165) is 35.8 Å². The fourth-order valence-corrected chi connectivity index (χ4v) is 2.19. The Kier molecular flexibility index (Phi) is 3.51. The zero-order valence-electron chi connectivity index (χ0n) is 12.6. The van der Waals surface area contributed by atoms with E-state index in [-0.39, 0.29) is 0 Å². The highest BCUT2D eigenvalue weighted by atomic mass is 15.3. The molecule has 6 nitrogen and oxygen atoms in total. The van der Waals surface area contributed by atoms with Gasteiger partial charge in [0.05, 0.1) is 17.2 Å². The number of nitrogens with zero attached hydrogens (tertiary/aromatic N) is 4. The second-order valence-corrected chi connectivity index (χ2v) is 5.24. The highest BCUT2D eigenvalue weighted by Crippen LogP contribution is 2.20. The third-order valence-electron chi connectivity index (χ3n) is 3.40. The summed E-state index contributed by atoms with van der Waals surface area (Å²) in [6.07, 6.45) is 3.96. The number of hydrogen-bond acceptors (Lipinski definition) is 4. The molecule has 2 aromatic heterocycles. The van der Waals surface area contributed by atoms with Gasteiger partial charge in [0.1, 0.15) is 0 Å². The predicted octanol–water partition coefficient (Wildman–Crippen LogP) is 2.46. The lowest BCUT2D eigenvalue weighted by Gasteiger charge is -2.05. The SMILES string of the molecule is CCn1cc(CNc2ccc3nc(N(C)C)[nH]c3c2)cn1. The Morgan fingerprint density at radius 3 is 2.90 bits per heavy atom. The Bertz CT molecular complexity index is 740. The average Bonchev–Trinajstić information content (AvgIpc) is 3.11. The van der Waals surface area contributed by atoms with E-state index in [1.165, 1.54) is 5.56 Å². The molecule has 0 saturated carbocycles. The summed E-state index contributed by atoms with van der Waals surface area (Å²) in [5, 5.41) is 7.69. The van der Waals surface area contributed by atoms with Gasteiger partial charge in [-0.05, 0) is 25.1 Å². The fourth-order valence-electron chi connectivity index (χ4n) is 2.19. The van der Waals surface area contributed by atoms with E-state index in [1.807, 2.05) is 42.0 Å². The van der Waals surface area contributed by atoms with Gasteiger partial charge >= 0.3 is 0 Å². The van der Waals surface area contributed by atoms with E-state index in [4.69, 9.17) is 0 Å². The monoisotopic (exact) mass is 284 g/mol. The predicted molar refractivity (Wildman–Crippen MR) is 85.6 cm³/mol. The molecule has 0 aliphatic carbocycles. The van der Waals surface area contributed by atoms with Gasteiger partial charge in [-0.15, -0.1) is 0 Å². The normalized spacial score (nSPS) is 11.0. The molecule has 0 spiro atoms. The summed E-state index contributed by atoms with van der Waals surface area (Å²) in [4.78, 5) is 9.79. The van der Waals surface area contributed by atoms with Crippen LogP contribution in [0.25, 0.3) is 11.0 Å². The quantitative estimate of drug-likeness (QED) is 0.755. The summed E-state index contributed by atoms with van der Waals surface area (Å²) >= 11 is 0. The summed E-state index contributed by atoms with van der Waals surface area (Å²) in [6.45, 7) is 3.74. The van der Waals surface area contributed by atoms with Gasteiger partial charge < -0.3 is 15.2 Å². The minimum atomic E-state index is 0.764. The zero-order valence-corrected chi connectivity index (χ0v) is 12.6. The number of anilines is 2. The molecule has 6 heteroatoms. The van der Waals surface area contributed by atoms with Crippen molar-refractivity contribution in [3.63, 3.8) is 0 Å². The van der Waals surface area contributed by atoms with Gasteiger partial charge in [0.15, 0.2) is 0 Å². The van der Waals surface area contributed by atoms with Crippen LogP contribution in [0.1, 0.15) is 12.5 Å². The van der Waals surface area contributed by atoms with Gasteiger partial charge in [0.25, 0.3) is 0 Å². The van der Waals surface area contributed by atoms with Crippen molar-refractivity contribution in [2.45, 2.75) is 20.0 Å². The van der Waals surface area contributed by atoms with Crippen LogP contribution in [0.3, 0.4) is 0 Å². The van der Waals surface area contributed by atoms with Crippen LogP contribution in [0.4, 0.5) is 11.6 Å². The summed E-state index contributed by atoms with van der Waals surface area (Å²) in [6, 6.07) is 6.16. The Morgan fingerprint density at radius 1 is 1.33 bits per heavy atom. The standard InChI is InChI=1S/C15H20N6/c1-4-21-10-11(9-17-21)8-16-12-5-6-13-14(7-12)19-15(18-13)20(2)3/h5-7,9-10,16H,4,8H2,1-3H3,(H,18,19). The number of H-pyrrole nitrogens is 1. The van der Waals surface area contributed by atoms with Gasteiger partial charge in [0, 0.05) is 44.6 Å². The van der Waals surface area contributed by atoms with Gasteiger partial charge in [-0.25, -0.2) is 4.98 Å². The molecule has 2 N–H and O–H groups in total. The molecule has 0 bridgehead atoms. The third-order valence-corrected chi connectivity index (χ3v) is 3.40. The number of hydrogen-bond donors (Lipinski definition) is 2. The number of aryl methyl sites for hydroxylation is 1. The molecule has 21 heavy (non-hydrogen) atoms. The number of aromatic amines is 1. The molecule has 0 aliphatic rings. The Balaban J connectivity index is 1.74. The van der Waals surface area contributed by atoms with Crippen molar-refractivity contribution >= 4 is 22.7 Å². The van der Waals surface area contributed by atoms with E-state index >= 15 is 0 Å². The maximum absolute atomic E-state index is 4.52. The summed E-state index contributed by atoms with van der Waals surface area (Å²) < 4.78 is 1.93. The molecule has 3 rings (SSSR count). The van der Waals surface area contributed by atoms with E-state index in [1.54, 1.807) is 0 Å². The van der Waals surface area contributed by atoms with Gasteiger partial charge in [0.2, 0.25) is 5.95 Å². The number of imidazole rings is 1. The fraction of sp³-hybridized carbons (Fsp3) is 0.333. The van der Waals surface area contributed by atoms with Gasteiger partial charge in [-0.3, -0.25) is 4.68 Å². The molecule has 0 aliphatic heterocycles. The molecule has 0 unspecified atom stereocenters. The second-order valence-electron chi connectivity index (χ2n) is 5.24. The average molecular weight is 284 g/mol. The first kappa shape index (κ1) is 13.5. The van der Waals surface area contributed by atoms with Crippen LogP contribution in [0.2, 0.25) is 0 Å². The van der Waals surface area contributed by atoms with Gasteiger partial charge in [-0.2, -0.15) is 5.10 Å². The third kappa shape index (κ3) is 2.84. The Labute approximate surface area is 123 Å². The molecular formula is C15H20N6. The first-order valence-corrected chi connectivity index (χ1v) is 7.08. The Morgan fingerprint density at radius 2 is 2.19 bits per heavy atom.